The Hall–Kier alpha value is -0.570. The lowest BCUT2D eigenvalue weighted by atomic mass is 9.92. The fourth-order valence-electron chi connectivity index (χ4n) is 2.24. The molecule has 0 bridgehead atoms. The van der Waals surface area contributed by atoms with Crippen molar-refractivity contribution in [1.82, 2.24) is 10.0 Å². The summed E-state index contributed by atoms with van der Waals surface area (Å²) in [5.41, 5.74) is -0.635. The number of hydrogen-bond acceptors (Lipinski definition) is 3. The van der Waals surface area contributed by atoms with Crippen LogP contribution in [-0.2, 0) is 10.0 Å². The molecule has 2 N–H and O–H groups in total. The molecule has 1 aliphatic rings. The van der Waals surface area contributed by atoms with Crippen LogP contribution in [-0.4, -0.2) is 27.0 Å². The van der Waals surface area contributed by atoms with Gasteiger partial charge in [-0.1, -0.05) is 0 Å². The van der Waals surface area contributed by atoms with Crippen LogP contribution in [0.5, 0.6) is 0 Å². The number of halogens is 3. The zero-order chi connectivity index (χ0) is 15.0. The molecule has 112 valence electrons. The summed E-state index contributed by atoms with van der Waals surface area (Å²) in [4.78, 5) is -0.557. The van der Waals surface area contributed by atoms with Gasteiger partial charge in [0.25, 0.3) is 0 Å². The molecule has 0 radical (unpaired) electrons. The number of rotatable bonds is 3. The van der Waals surface area contributed by atoms with Crippen molar-refractivity contribution in [2.75, 3.05) is 13.1 Å². The van der Waals surface area contributed by atoms with Gasteiger partial charge in [0.2, 0.25) is 10.0 Å². The third-order valence-corrected chi connectivity index (χ3v) is 5.92. The average molecular weight is 369 g/mol. The van der Waals surface area contributed by atoms with E-state index in [-0.39, 0.29) is 4.47 Å². The maximum atomic E-state index is 13.8. The largest absolute Gasteiger partial charge is 0.317 e. The number of piperidine rings is 1. The van der Waals surface area contributed by atoms with Gasteiger partial charge in [0, 0.05) is 16.1 Å². The summed E-state index contributed by atoms with van der Waals surface area (Å²) < 4.78 is 53.9. The highest BCUT2D eigenvalue weighted by molar-refractivity contribution is 9.10. The Balaban J connectivity index is 2.36. The number of hydrogen-bond donors (Lipinski definition) is 2. The van der Waals surface area contributed by atoms with Gasteiger partial charge in [0.05, 0.1) is 0 Å². The lowest BCUT2D eigenvalue weighted by molar-refractivity contribution is 0.307. The van der Waals surface area contributed by atoms with E-state index < -0.39 is 32.1 Å². The van der Waals surface area contributed by atoms with Crippen LogP contribution in [0, 0.1) is 11.6 Å². The molecule has 20 heavy (non-hydrogen) atoms. The molecule has 0 aliphatic carbocycles. The molecule has 1 aliphatic heterocycles. The standard InChI is InChI=1S/C12H15BrF2N2O2S/c1-12(2-4-16-5-3-12)17-20(18,19)11-9(13)6-8(14)7-10(11)15/h6-7,16-17H,2-5H2,1H3. The summed E-state index contributed by atoms with van der Waals surface area (Å²) in [7, 11) is -4.06. The van der Waals surface area contributed by atoms with Crippen molar-refractivity contribution >= 4 is 26.0 Å². The summed E-state index contributed by atoms with van der Waals surface area (Å²) in [6, 6.07) is 1.49. The van der Waals surface area contributed by atoms with E-state index in [0.717, 1.165) is 6.07 Å². The first-order chi connectivity index (χ1) is 9.23. The van der Waals surface area contributed by atoms with E-state index in [2.05, 4.69) is 26.0 Å². The van der Waals surface area contributed by atoms with Crippen molar-refractivity contribution in [2.24, 2.45) is 0 Å². The van der Waals surface area contributed by atoms with Crippen LogP contribution in [0.3, 0.4) is 0 Å². The Labute approximate surface area is 125 Å². The molecule has 0 aromatic heterocycles. The normalized spacial score (nSPS) is 19.0. The van der Waals surface area contributed by atoms with Crippen molar-refractivity contribution in [3.05, 3.63) is 28.2 Å². The van der Waals surface area contributed by atoms with E-state index in [9.17, 15) is 17.2 Å². The lowest BCUT2D eigenvalue weighted by Gasteiger charge is -2.34. The van der Waals surface area contributed by atoms with Gasteiger partial charge < -0.3 is 5.32 Å². The molecular weight excluding hydrogens is 354 g/mol. The fourth-order valence-corrected chi connectivity index (χ4v) is 4.88. The van der Waals surface area contributed by atoms with E-state index in [1.807, 2.05) is 0 Å². The second-order valence-corrected chi connectivity index (χ2v) is 7.59. The summed E-state index contributed by atoms with van der Waals surface area (Å²) in [5, 5.41) is 3.13. The van der Waals surface area contributed by atoms with Gasteiger partial charge in [-0.15, -0.1) is 0 Å². The zero-order valence-electron chi connectivity index (χ0n) is 10.8. The quantitative estimate of drug-likeness (QED) is 0.859. The van der Waals surface area contributed by atoms with Crippen LogP contribution in [0.4, 0.5) is 8.78 Å². The first kappa shape index (κ1) is 15.8. The van der Waals surface area contributed by atoms with Crippen LogP contribution in [0.15, 0.2) is 21.5 Å². The summed E-state index contributed by atoms with van der Waals surface area (Å²) >= 11 is 2.90. The minimum atomic E-state index is -4.06. The van der Waals surface area contributed by atoms with Gasteiger partial charge in [0.1, 0.15) is 16.5 Å². The third kappa shape index (κ3) is 3.36. The highest BCUT2D eigenvalue weighted by atomic mass is 79.9. The van der Waals surface area contributed by atoms with Crippen molar-refractivity contribution < 1.29 is 17.2 Å². The molecule has 8 heteroatoms. The van der Waals surface area contributed by atoms with Gasteiger partial charge >= 0.3 is 0 Å². The molecule has 0 unspecified atom stereocenters. The number of nitrogens with one attached hydrogen (secondary N) is 2. The number of sulfonamides is 1. The van der Waals surface area contributed by atoms with Gasteiger partial charge in [0.15, 0.2) is 0 Å². The van der Waals surface area contributed by atoms with Gasteiger partial charge in [-0.25, -0.2) is 21.9 Å². The topological polar surface area (TPSA) is 58.2 Å². The van der Waals surface area contributed by atoms with E-state index in [1.54, 1.807) is 6.92 Å². The maximum absolute atomic E-state index is 13.8. The van der Waals surface area contributed by atoms with Crippen LogP contribution in [0.25, 0.3) is 0 Å². The maximum Gasteiger partial charge on any atom is 0.245 e. The highest BCUT2D eigenvalue weighted by Gasteiger charge is 2.34. The minimum Gasteiger partial charge on any atom is -0.317 e. The molecule has 1 saturated heterocycles. The SMILES string of the molecule is CC1(NS(=O)(=O)c2c(F)cc(F)cc2Br)CCNCC1. The predicted octanol–water partition coefficient (Wildman–Crippen LogP) is 2.15. The number of benzene rings is 1. The molecule has 1 heterocycles. The van der Waals surface area contributed by atoms with Crippen molar-refractivity contribution in [3.8, 4) is 0 Å². The minimum absolute atomic E-state index is 0.125. The first-order valence-corrected chi connectivity index (χ1v) is 8.40. The average Bonchev–Trinajstić information content (AvgIpc) is 2.25. The molecular formula is C12H15BrF2N2O2S. The smallest absolute Gasteiger partial charge is 0.245 e. The van der Waals surface area contributed by atoms with E-state index in [0.29, 0.717) is 32.0 Å². The predicted molar refractivity (Wildman–Crippen MR) is 74.9 cm³/mol. The molecule has 1 aromatic rings. The van der Waals surface area contributed by atoms with Gasteiger partial charge in [-0.3, -0.25) is 0 Å². The van der Waals surface area contributed by atoms with Crippen molar-refractivity contribution in [2.45, 2.75) is 30.2 Å². The summed E-state index contributed by atoms with van der Waals surface area (Å²) in [6.45, 7) is 3.15. The third-order valence-electron chi connectivity index (χ3n) is 3.32. The van der Waals surface area contributed by atoms with Crippen LogP contribution < -0.4 is 10.0 Å². The van der Waals surface area contributed by atoms with E-state index in [1.165, 1.54) is 0 Å². The highest BCUT2D eigenvalue weighted by Crippen LogP contribution is 2.28. The monoisotopic (exact) mass is 368 g/mol. The Bertz CT molecular complexity index is 593. The molecule has 1 fully saturated rings. The molecule has 0 saturated carbocycles. The lowest BCUT2D eigenvalue weighted by Crippen LogP contribution is -2.52. The van der Waals surface area contributed by atoms with Crippen LogP contribution in [0.2, 0.25) is 0 Å². The van der Waals surface area contributed by atoms with Gasteiger partial charge in [-0.05, 0) is 54.9 Å². The molecule has 0 atom stereocenters. The van der Waals surface area contributed by atoms with Crippen molar-refractivity contribution in [3.63, 3.8) is 0 Å². The van der Waals surface area contributed by atoms with Crippen molar-refractivity contribution in [1.29, 1.82) is 0 Å². The molecule has 0 amide bonds. The van der Waals surface area contributed by atoms with Gasteiger partial charge in [-0.2, -0.15) is 0 Å². The Morgan fingerprint density at radius 1 is 1.30 bits per heavy atom. The van der Waals surface area contributed by atoms with Crippen LogP contribution in [0.1, 0.15) is 19.8 Å². The summed E-state index contributed by atoms with van der Waals surface area (Å²) in [6.07, 6.45) is 1.21. The van der Waals surface area contributed by atoms with E-state index in [4.69, 9.17) is 0 Å². The van der Waals surface area contributed by atoms with E-state index >= 15 is 0 Å². The second-order valence-electron chi connectivity index (χ2n) is 5.11. The zero-order valence-corrected chi connectivity index (χ0v) is 13.2. The molecule has 2 rings (SSSR count). The molecule has 4 nitrogen and oxygen atoms in total. The summed E-state index contributed by atoms with van der Waals surface area (Å²) in [5.74, 6) is -1.94. The molecule has 0 spiro atoms. The Morgan fingerprint density at radius 3 is 2.45 bits per heavy atom. The fraction of sp³-hybridized carbons (Fsp3) is 0.500. The molecule has 1 aromatic carbocycles. The Morgan fingerprint density at radius 2 is 1.90 bits per heavy atom. The van der Waals surface area contributed by atoms with Crippen LogP contribution >= 0.6 is 15.9 Å². The Kier molecular flexibility index (Phi) is 4.48. The second kappa shape index (κ2) is 5.67. The first-order valence-electron chi connectivity index (χ1n) is 6.13.